The van der Waals surface area contributed by atoms with Crippen LogP contribution in [0.25, 0.3) is 5.76 Å². The molecule has 9 N–H and O–H groups in total. The van der Waals surface area contributed by atoms with Crippen LogP contribution in [0, 0.1) is 11.3 Å². The molecule has 1 fully saturated rings. The third-order valence-electron chi connectivity index (χ3n) is 13.4. The van der Waals surface area contributed by atoms with Gasteiger partial charge in [0.2, 0.25) is 12.0 Å². The number of hydrogen-bond donors (Lipinski definition) is 9. The average Bonchev–Trinajstić information content (AvgIpc) is 4.03. The second-order valence-electron chi connectivity index (χ2n) is 18.1. The molecule has 1 saturated heterocycles. The summed E-state index contributed by atoms with van der Waals surface area (Å²) >= 11 is 0. The quantitative estimate of drug-likeness (QED) is 0.0719. The number of anilines is 1. The number of Topliss-reactive ketones (excluding diaryl/α,β-unsaturated/α-hetero) is 1. The minimum Gasteiger partial charge on any atom is -0.508 e. The van der Waals surface area contributed by atoms with Gasteiger partial charge in [0.05, 0.1) is 31.3 Å². The van der Waals surface area contributed by atoms with Gasteiger partial charge < -0.3 is 64.7 Å². The molecule has 1 unspecified atom stereocenters. The van der Waals surface area contributed by atoms with Gasteiger partial charge in [-0.3, -0.25) is 15.2 Å². The monoisotopic (exact) mass is 967 g/mol. The van der Waals surface area contributed by atoms with Gasteiger partial charge in [-0.15, -0.1) is 0 Å². The highest BCUT2D eigenvalue weighted by Gasteiger charge is 2.71. The number of benzene rings is 4. The maximum atomic E-state index is 13.3. The summed E-state index contributed by atoms with van der Waals surface area (Å²) in [4.78, 5) is 38.6. The fraction of sp³-hybridized carbons (Fsp3) is 0.308. The molecule has 19 nitrogen and oxygen atoms in total. The lowest BCUT2D eigenvalue weighted by atomic mass is 9.60. The summed E-state index contributed by atoms with van der Waals surface area (Å²) in [5, 5.41) is 93.4. The predicted molar refractivity (Wildman–Crippen MR) is 257 cm³/mol. The number of carbonyl (C=O) groups is 2. The number of hydrogen-bond acceptors (Lipinski definition) is 17. The van der Waals surface area contributed by atoms with Gasteiger partial charge >= 0.3 is 5.97 Å². The van der Waals surface area contributed by atoms with Gasteiger partial charge in [-0.25, -0.2) is 14.8 Å². The van der Waals surface area contributed by atoms with Crippen LogP contribution in [0.15, 0.2) is 112 Å². The zero-order valence-electron chi connectivity index (χ0n) is 38.1. The summed E-state index contributed by atoms with van der Waals surface area (Å²) in [6.45, 7) is 1.98. The Morgan fingerprint density at radius 1 is 1.01 bits per heavy atom. The molecule has 5 aliphatic heterocycles. The number of nitrogens with one attached hydrogen (secondary N) is 2. The number of carbonyl (C=O) groups excluding carboxylic acids is 1. The molecule has 7 atom stereocenters. The van der Waals surface area contributed by atoms with Gasteiger partial charge in [0.25, 0.3) is 0 Å². The van der Waals surface area contributed by atoms with E-state index in [9.17, 15) is 45.3 Å². The van der Waals surface area contributed by atoms with Crippen molar-refractivity contribution in [3.05, 3.63) is 130 Å². The van der Waals surface area contributed by atoms with E-state index in [0.29, 0.717) is 53.1 Å². The number of aliphatic hydroxyl groups is 4. The standard InChI is InChI=1S/C52H49N5O14/c1-2-26-14-27(16-32(58)15-26)24-68-46-41(20-40-43(45(46)61)38(60)19-39(69-40)28-6-9-34(10-7-28)67-13-12-31-8-11-42(53)57-31)70-50-51(65)21-30(17-29-4-3-5-36-35(29)18-33(59)22-55-36)44(37-23-54-25-56-37)52(66,49(51)64)47(71-50)48(62)63/h3-11,14-16,19-21,25,39,44,47,49-50,53,55,58,60-61,64-66H,2,12-13,17-18,22-24H2,1H3,(H,62,63)/t39?,44-,47-,49+,50-,51-,52-/m1/s1. The topological polar surface area (TPSA) is 295 Å². The lowest BCUT2D eigenvalue weighted by Crippen LogP contribution is -2.79. The van der Waals surface area contributed by atoms with Crippen LogP contribution in [0.1, 0.15) is 52.8 Å². The average molecular weight is 968 g/mol. The summed E-state index contributed by atoms with van der Waals surface area (Å²) in [7, 11) is 0. The van der Waals surface area contributed by atoms with E-state index in [4.69, 9.17) is 29.1 Å². The largest absolute Gasteiger partial charge is 0.508 e. The smallest absolute Gasteiger partial charge is 0.336 e. The Kier molecular flexibility index (Phi) is 12.2. The van der Waals surface area contributed by atoms with Gasteiger partial charge in [-0.2, -0.15) is 0 Å². The Morgan fingerprint density at radius 2 is 1.82 bits per heavy atom. The molecule has 71 heavy (non-hydrogen) atoms. The number of ether oxygens (including phenoxy) is 5. The number of allylic oxidation sites excluding steroid dienone is 1. The van der Waals surface area contributed by atoms with Crippen LogP contribution in [-0.4, -0.2) is 120 Å². The Labute approximate surface area is 405 Å². The number of aryl methyl sites for hydroxylation is 1. The molecule has 366 valence electrons. The zero-order chi connectivity index (χ0) is 49.8. The molecule has 0 aromatic heterocycles. The van der Waals surface area contributed by atoms with Crippen LogP contribution >= 0.6 is 0 Å². The highest BCUT2D eigenvalue weighted by molar-refractivity contribution is 6.14. The maximum absolute atomic E-state index is 13.3. The Balaban J connectivity index is 1.03. The summed E-state index contributed by atoms with van der Waals surface area (Å²) < 4.78 is 30.9. The summed E-state index contributed by atoms with van der Waals surface area (Å²) in [6.07, 6.45) is 0.619. The fourth-order valence-electron chi connectivity index (χ4n) is 10.0. The highest BCUT2D eigenvalue weighted by Crippen LogP contribution is 2.54. The maximum Gasteiger partial charge on any atom is 0.336 e. The summed E-state index contributed by atoms with van der Waals surface area (Å²) in [6, 6.07) is 18.3. The first-order valence-electron chi connectivity index (χ1n) is 22.9. The molecule has 4 aromatic carbocycles. The van der Waals surface area contributed by atoms with Crippen molar-refractivity contribution in [2.75, 3.05) is 25.0 Å². The number of rotatable bonds is 15. The van der Waals surface area contributed by atoms with Crippen molar-refractivity contribution >= 4 is 46.8 Å². The van der Waals surface area contributed by atoms with Gasteiger partial charge in [0.15, 0.2) is 29.0 Å². The molecule has 0 radical (unpaired) electrons. The normalized spacial score (nSPS) is 26.0. The number of phenolic OH excluding ortho intramolecular Hbond substituents is 2. The first kappa shape index (κ1) is 46.9. The Hall–Kier alpha value is -7.84. The van der Waals surface area contributed by atoms with Gasteiger partial charge in [0, 0.05) is 36.4 Å². The minimum atomic E-state index is -2.79. The molecule has 0 spiro atoms. The van der Waals surface area contributed by atoms with Crippen LogP contribution in [0.3, 0.4) is 0 Å². The van der Waals surface area contributed by atoms with Crippen molar-refractivity contribution in [3.8, 4) is 34.5 Å². The van der Waals surface area contributed by atoms with Crippen LogP contribution in [0.2, 0.25) is 0 Å². The van der Waals surface area contributed by atoms with Crippen LogP contribution in [0.5, 0.6) is 34.5 Å². The van der Waals surface area contributed by atoms with E-state index < -0.39 is 70.7 Å². The molecule has 0 amide bonds. The number of fused-ring (bicyclic) bond motifs is 4. The van der Waals surface area contributed by atoms with Crippen molar-refractivity contribution < 1.29 is 69.0 Å². The number of carboxylic acid groups (broad SMARTS) is 1. The zero-order valence-corrected chi connectivity index (χ0v) is 38.1. The first-order chi connectivity index (χ1) is 34.1. The Morgan fingerprint density at radius 3 is 2.55 bits per heavy atom. The molecule has 1 aliphatic carbocycles. The number of phenols is 2. The lowest BCUT2D eigenvalue weighted by Gasteiger charge is -2.57. The third kappa shape index (κ3) is 8.66. The van der Waals surface area contributed by atoms with Crippen molar-refractivity contribution in [3.63, 3.8) is 0 Å². The summed E-state index contributed by atoms with van der Waals surface area (Å²) in [5.41, 5.74) is -0.776. The van der Waals surface area contributed by atoms with Crippen molar-refractivity contribution in [2.24, 2.45) is 20.9 Å². The van der Waals surface area contributed by atoms with Gasteiger partial charge in [-0.1, -0.05) is 42.8 Å². The molecule has 19 heteroatoms. The van der Waals surface area contributed by atoms with E-state index in [2.05, 4.69) is 20.3 Å². The SMILES string of the molecule is CCc1cc(O)cc(COc2c(O[C@@H]3O[C@H](C(=O)O)[C@]4(O)[C@@H](C5=NC=NC5)C(Cc5cccc6c5CC(=O)CN6)=C[C@@]3(O)[C@@H]4O)cc3c(c2O)C(O)=CC(c2ccc(OCCC4=NC(=N)C=C4)cc2)O3)c1. The third-order valence-corrected chi connectivity index (χ3v) is 13.4. The van der Waals surface area contributed by atoms with E-state index in [1.807, 2.05) is 13.0 Å². The van der Waals surface area contributed by atoms with Crippen LogP contribution in [0.4, 0.5) is 5.69 Å². The van der Waals surface area contributed by atoms with E-state index in [0.717, 1.165) is 11.3 Å². The molecular formula is C52H49N5O14. The number of amidine groups is 1. The van der Waals surface area contributed by atoms with E-state index in [-0.39, 0.29) is 72.5 Å². The number of aromatic hydroxyl groups is 2. The van der Waals surface area contributed by atoms with Crippen molar-refractivity contribution in [1.82, 2.24) is 0 Å². The first-order valence-corrected chi connectivity index (χ1v) is 22.9. The Bertz CT molecular complexity index is 3050. The number of aliphatic carboxylic acids is 1. The lowest BCUT2D eigenvalue weighted by molar-refractivity contribution is -0.338. The van der Waals surface area contributed by atoms with Gasteiger partial charge in [0.1, 0.15) is 65.2 Å². The number of aliphatic hydroxyl groups excluding tert-OH is 2. The molecule has 2 bridgehead atoms. The molecule has 5 heterocycles. The number of carboxylic acids is 1. The van der Waals surface area contributed by atoms with Crippen molar-refractivity contribution in [1.29, 1.82) is 5.41 Å². The van der Waals surface area contributed by atoms with E-state index >= 15 is 0 Å². The predicted octanol–water partition coefficient (Wildman–Crippen LogP) is 4.86. The molecule has 10 rings (SSSR count). The molecule has 4 aromatic rings. The minimum absolute atomic E-state index is 0.0430. The number of nitrogens with zero attached hydrogens (tertiary/aromatic N) is 3. The molecule has 6 aliphatic rings. The van der Waals surface area contributed by atoms with Crippen molar-refractivity contribution in [2.45, 2.75) is 75.0 Å². The fourth-order valence-corrected chi connectivity index (χ4v) is 10.0. The van der Waals surface area contributed by atoms with E-state index in [1.54, 1.807) is 60.7 Å². The second-order valence-corrected chi connectivity index (χ2v) is 18.1. The van der Waals surface area contributed by atoms with Gasteiger partial charge in [-0.05, 0) is 89.2 Å². The second kappa shape index (κ2) is 18.5. The molecule has 0 saturated carbocycles. The molecular weight excluding hydrogens is 919 g/mol. The van der Waals surface area contributed by atoms with Crippen LogP contribution < -0.4 is 24.3 Å². The number of ketones is 1. The highest BCUT2D eigenvalue weighted by atomic mass is 16.7. The number of aliphatic imine (C=N–C) groups is 3. The summed E-state index contributed by atoms with van der Waals surface area (Å²) in [5.74, 6) is -4.55. The van der Waals surface area contributed by atoms with E-state index in [1.165, 1.54) is 30.6 Å². The van der Waals surface area contributed by atoms with Crippen LogP contribution in [-0.2, 0) is 40.2 Å².